The summed E-state index contributed by atoms with van der Waals surface area (Å²) in [5.41, 5.74) is 2.51. The van der Waals surface area contributed by atoms with E-state index in [-0.39, 0.29) is 37.2 Å². The zero-order chi connectivity index (χ0) is 28.1. The summed E-state index contributed by atoms with van der Waals surface area (Å²) in [6.07, 6.45) is 6.01. The Morgan fingerprint density at radius 1 is 1.15 bits per heavy atom. The van der Waals surface area contributed by atoms with Gasteiger partial charge in [0.25, 0.3) is 0 Å². The van der Waals surface area contributed by atoms with Gasteiger partial charge in [0.2, 0.25) is 5.88 Å². The molecule has 10 heteroatoms. The number of carboxylic acids is 1. The van der Waals surface area contributed by atoms with Crippen LogP contribution < -0.4 is 10.4 Å². The van der Waals surface area contributed by atoms with Crippen LogP contribution in [0.1, 0.15) is 54.8 Å². The Bertz CT molecular complexity index is 1360. The maximum atomic E-state index is 12.1. The van der Waals surface area contributed by atoms with Crippen LogP contribution in [-0.2, 0) is 24.9 Å². The molecule has 1 aliphatic rings. The van der Waals surface area contributed by atoms with Crippen LogP contribution in [0.4, 0.5) is 0 Å². The minimum absolute atomic E-state index is 0.0451. The fourth-order valence-corrected chi connectivity index (χ4v) is 5.73. The van der Waals surface area contributed by atoms with Gasteiger partial charge in [0.05, 0.1) is 29.2 Å². The lowest BCUT2D eigenvalue weighted by Crippen LogP contribution is -2.34. The molecule has 0 saturated heterocycles. The van der Waals surface area contributed by atoms with Crippen molar-refractivity contribution < 1.29 is 19.7 Å². The van der Waals surface area contributed by atoms with E-state index in [4.69, 9.17) is 27.9 Å². The summed E-state index contributed by atoms with van der Waals surface area (Å²) in [7, 11) is 1.58. The molecule has 2 aromatic carbocycles. The average Bonchev–Trinajstić information content (AvgIpc) is 3.48. The zero-order valence-corrected chi connectivity index (χ0v) is 23.8. The average molecular weight is 577 g/mol. The van der Waals surface area contributed by atoms with Crippen molar-refractivity contribution >= 4 is 29.2 Å². The first kappa shape index (κ1) is 29.1. The summed E-state index contributed by atoms with van der Waals surface area (Å²) in [5.74, 6) is 0.242. The van der Waals surface area contributed by atoms with Crippen molar-refractivity contribution in [1.29, 1.82) is 0 Å². The zero-order valence-electron chi connectivity index (χ0n) is 22.3. The summed E-state index contributed by atoms with van der Waals surface area (Å²) >= 11 is 12.5. The second kappa shape index (κ2) is 12.9. The Hall–Kier alpha value is -2.94. The number of aryl methyl sites for hydroxylation is 2. The van der Waals surface area contributed by atoms with Gasteiger partial charge in [-0.2, -0.15) is 0 Å². The molecule has 1 heterocycles. The fourth-order valence-electron chi connectivity index (χ4n) is 5.42. The molecule has 0 amide bonds. The quantitative estimate of drug-likeness (QED) is 0.283. The van der Waals surface area contributed by atoms with E-state index in [9.17, 15) is 19.8 Å². The molecule has 39 heavy (non-hydrogen) atoms. The number of ether oxygens (including phenoxy) is 1. The minimum atomic E-state index is -0.869. The summed E-state index contributed by atoms with van der Waals surface area (Å²) in [4.78, 5) is 26.3. The number of nitrogens with zero attached hydrogens (tertiary/aromatic N) is 3. The molecule has 4 rings (SSSR count). The number of carboxylic acid groups (broad SMARTS) is 1. The topological polar surface area (TPSA) is 96.9 Å². The van der Waals surface area contributed by atoms with Crippen molar-refractivity contribution in [3.05, 3.63) is 79.8 Å². The molecule has 8 nitrogen and oxygen atoms in total. The number of halogens is 2. The molecular formula is C29H35Cl2N3O5. The molecule has 3 aromatic rings. The van der Waals surface area contributed by atoms with Crippen molar-refractivity contribution in [1.82, 2.24) is 14.0 Å². The Balaban J connectivity index is 1.52. The predicted octanol–water partition coefficient (Wildman–Crippen LogP) is 5.79. The first-order chi connectivity index (χ1) is 18.6. The van der Waals surface area contributed by atoms with Crippen LogP contribution in [0, 0.1) is 12.8 Å². The van der Waals surface area contributed by atoms with Crippen molar-refractivity contribution in [2.24, 2.45) is 13.0 Å². The second-order valence-corrected chi connectivity index (χ2v) is 11.2. The van der Waals surface area contributed by atoms with Crippen LogP contribution in [0.25, 0.3) is 0 Å². The molecule has 1 fully saturated rings. The van der Waals surface area contributed by atoms with Gasteiger partial charge in [0.15, 0.2) is 0 Å². The van der Waals surface area contributed by atoms with Gasteiger partial charge in [-0.1, -0.05) is 54.2 Å². The van der Waals surface area contributed by atoms with Gasteiger partial charge in [0.1, 0.15) is 12.4 Å². The number of imidazole rings is 1. The van der Waals surface area contributed by atoms with Gasteiger partial charge >= 0.3 is 11.7 Å². The third-order valence-electron chi connectivity index (χ3n) is 7.42. The number of aromatic nitrogens is 2. The maximum Gasteiger partial charge on any atom is 0.330 e. The highest BCUT2D eigenvalue weighted by Crippen LogP contribution is 2.35. The van der Waals surface area contributed by atoms with Gasteiger partial charge < -0.3 is 14.9 Å². The summed E-state index contributed by atoms with van der Waals surface area (Å²) in [6.45, 7) is 3.78. The lowest BCUT2D eigenvalue weighted by Gasteiger charge is -2.34. The molecule has 210 valence electrons. The normalized spacial score (nSPS) is 14.7. The number of aliphatic carboxylic acids is 1. The van der Waals surface area contributed by atoms with E-state index >= 15 is 0 Å². The molecule has 1 aliphatic carbocycles. The van der Waals surface area contributed by atoms with Crippen LogP contribution in [0.5, 0.6) is 11.6 Å². The summed E-state index contributed by atoms with van der Waals surface area (Å²) < 4.78 is 8.50. The first-order valence-corrected chi connectivity index (χ1v) is 14.0. The van der Waals surface area contributed by atoms with Gasteiger partial charge in [0, 0.05) is 26.2 Å². The smallest absolute Gasteiger partial charge is 0.330 e. The van der Waals surface area contributed by atoms with E-state index in [1.165, 1.54) is 28.2 Å². The van der Waals surface area contributed by atoms with E-state index in [2.05, 4.69) is 11.0 Å². The molecule has 0 aliphatic heterocycles. The lowest BCUT2D eigenvalue weighted by atomic mass is 9.98. The largest absolute Gasteiger partial charge is 0.493 e. The van der Waals surface area contributed by atoms with Crippen molar-refractivity contribution in [2.45, 2.75) is 58.2 Å². The summed E-state index contributed by atoms with van der Waals surface area (Å²) in [6, 6.07) is 10.9. The van der Waals surface area contributed by atoms with Gasteiger partial charge in [-0.3, -0.25) is 18.8 Å². The Morgan fingerprint density at radius 2 is 1.90 bits per heavy atom. The molecule has 0 unspecified atom stereocenters. The number of benzene rings is 2. The molecule has 0 spiro atoms. The lowest BCUT2D eigenvalue weighted by molar-refractivity contribution is -0.138. The second-order valence-electron chi connectivity index (χ2n) is 10.3. The van der Waals surface area contributed by atoms with Crippen LogP contribution >= 0.6 is 23.2 Å². The van der Waals surface area contributed by atoms with Crippen LogP contribution in [0.3, 0.4) is 0 Å². The van der Waals surface area contributed by atoms with Gasteiger partial charge in [-0.25, -0.2) is 4.79 Å². The van der Waals surface area contributed by atoms with E-state index in [0.717, 1.165) is 36.1 Å². The highest BCUT2D eigenvalue weighted by atomic mass is 35.5. The molecule has 1 atom stereocenters. The molecule has 1 aromatic heterocycles. The van der Waals surface area contributed by atoms with E-state index in [0.29, 0.717) is 28.3 Å². The third-order valence-corrected chi connectivity index (χ3v) is 8.16. The van der Waals surface area contributed by atoms with Gasteiger partial charge in [-0.05, 0) is 60.6 Å². The predicted molar refractivity (Wildman–Crippen MR) is 152 cm³/mol. The first-order valence-electron chi connectivity index (χ1n) is 13.2. The van der Waals surface area contributed by atoms with Crippen molar-refractivity contribution in [3.63, 3.8) is 0 Å². The number of carbonyl (C=O) groups is 1. The van der Waals surface area contributed by atoms with Gasteiger partial charge in [-0.15, -0.1) is 0 Å². The summed E-state index contributed by atoms with van der Waals surface area (Å²) in [5, 5.41) is 20.6. The number of hydrogen-bond donors (Lipinski definition) is 2. The molecule has 0 radical (unpaired) electrons. The SMILES string of the molecule is Cc1cc(CN(CC2CCCC2)[C@@H](CC(=O)O)c2ccc(Cl)c(Cl)c2)ccc1OCCn1c(O)cn(C)c1=O. The van der Waals surface area contributed by atoms with E-state index in [1.54, 1.807) is 19.2 Å². The van der Waals surface area contributed by atoms with Crippen LogP contribution in [-0.4, -0.2) is 43.4 Å². The Kier molecular flexibility index (Phi) is 9.64. The number of rotatable bonds is 12. The van der Waals surface area contributed by atoms with Crippen LogP contribution in [0.15, 0.2) is 47.4 Å². The molecule has 2 N–H and O–H groups in total. The standard InChI is InChI=1S/C29H35Cl2N3O5/c1-19-13-21(7-10-26(19)39-12-11-34-27(35)18-32(2)29(34)38)17-33(16-20-5-3-4-6-20)25(15-28(36)37)22-8-9-23(30)24(31)14-22/h7-10,13-14,18,20,25,35H,3-6,11-12,15-17H2,1-2H3,(H,36,37)/t25-/m0/s1. The monoisotopic (exact) mass is 575 g/mol. The number of aromatic hydroxyl groups is 1. The molecular weight excluding hydrogens is 541 g/mol. The number of hydrogen-bond acceptors (Lipinski definition) is 5. The third kappa shape index (κ3) is 7.38. The highest BCUT2D eigenvalue weighted by Gasteiger charge is 2.28. The Labute approximate surface area is 238 Å². The molecule has 0 bridgehead atoms. The molecule has 1 saturated carbocycles. The Morgan fingerprint density at radius 3 is 2.51 bits per heavy atom. The van der Waals surface area contributed by atoms with E-state index in [1.807, 2.05) is 25.1 Å². The highest BCUT2D eigenvalue weighted by molar-refractivity contribution is 6.42. The van der Waals surface area contributed by atoms with Crippen LogP contribution in [0.2, 0.25) is 10.0 Å². The van der Waals surface area contributed by atoms with E-state index < -0.39 is 5.97 Å². The fraction of sp³-hybridized carbons (Fsp3) is 0.448. The van der Waals surface area contributed by atoms with Crippen molar-refractivity contribution in [3.8, 4) is 11.6 Å². The maximum absolute atomic E-state index is 12.1. The minimum Gasteiger partial charge on any atom is -0.493 e. The van der Waals surface area contributed by atoms with Crippen molar-refractivity contribution in [2.75, 3.05) is 13.2 Å².